The molecule has 2 aromatic rings. The zero-order chi connectivity index (χ0) is 20.0. The maximum Gasteiger partial charge on any atom is 0.435 e. The molecule has 0 spiro atoms. The fourth-order valence-electron chi connectivity index (χ4n) is 3.17. The number of nitrogens with zero attached hydrogens (tertiary/aromatic N) is 4. The number of alkyl halides is 3. The van der Waals surface area contributed by atoms with E-state index in [-0.39, 0.29) is 19.1 Å². The van der Waals surface area contributed by atoms with Gasteiger partial charge in [-0.1, -0.05) is 31.2 Å². The van der Waals surface area contributed by atoms with Crippen molar-refractivity contribution in [1.29, 1.82) is 0 Å². The average molecular weight is 385 g/mol. The molecule has 1 aromatic heterocycles. The lowest BCUT2D eigenvalue weighted by Gasteiger charge is -2.42. The number of benzene rings is 1. The van der Waals surface area contributed by atoms with Gasteiger partial charge in [0.2, 0.25) is 0 Å². The van der Waals surface area contributed by atoms with Crippen molar-refractivity contribution in [3.8, 4) is 5.69 Å². The van der Waals surface area contributed by atoms with Crippen molar-refractivity contribution in [2.45, 2.75) is 32.5 Å². The Morgan fingerprint density at radius 1 is 1.30 bits per heavy atom. The molecule has 1 atom stereocenters. The minimum absolute atomic E-state index is 0.169. The molecule has 27 heavy (non-hydrogen) atoms. The monoisotopic (exact) mass is 385 g/mol. The number of likely N-dealkylation sites (tertiary alicyclic amines) is 1. The number of aromatic nitrogens is 3. The quantitative estimate of drug-likeness (QED) is 0.807. The van der Waals surface area contributed by atoms with Crippen LogP contribution in [0.15, 0.2) is 24.3 Å². The summed E-state index contributed by atoms with van der Waals surface area (Å²) in [6.45, 7) is 4.10. The number of halogens is 4. The highest BCUT2D eigenvalue weighted by atomic mass is 19.4. The Balaban J connectivity index is 2.04. The highest BCUT2D eigenvalue weighted by molar-refractivity contribution is 5.93. The molecule has 1 aromatic carbocycles. The van der Waals surface area contributed by atoms with Crippen LogP contribution in [0.5, 0.6) is 0 Å². The first kappa shape index (κ1) is 19.3. The zero-order valence-corrected chi connectivity index (χ0v) is 14.8. The largest absolute Gasteiger partial charge is 0.435 e. The van der Waals surface area contributed by atoms with Gasteiger partial charge in [-0.05, 0) is 24.0 Å². The van der Waals surface area contributed by atoms with E-state index >= 15 is 0 Å². The molecule has 2 N–H and O–H groups in total. The molecule has 146 valence electrons. The summed E-state index contributed by atoms with van der Waals surface area (Å²) in [5, 5.41) is 6.86. The molecular weight excluding hydrogens is 366 g/mol. The number of nitrogens with two attached hydrogens (primary N) is 1. The number of amides is 1. The van der Waals surface area contributed by atoms with E-state index in [2.05, 4.69) is 10.3 Å². The molecule has 10 heteroatoms. The third-order valence-electron chi connectivity index (χ3n) is 4.82. The molecule has 1 unspecified atom stereocenters. The first-order valence-corrected chi connectivity index (χ1v) is 8.35. The van der Waals surface area contributed by atoms with Crippen molar-refractivity contribution < 1.29 is 22.4 Å². The topological polar surface area (TPSA) is 77.0 Å². The summed E-state index contributed by atoms with van der Waals surface area (Å²) in [5.41, 5.74) is 2.89. The maximum absolute atomic E-state index is 14.0. The second-order valence-electron chi connectivity index (χ2n) is 7.26. The van der Waals surface area contributed by atoms with E-state index in [1.54, 1.807) is 0 Å². The van der Waals surface area contributed by atoms with Crippen LogP contribution in [0.4, 0.5) is 17.6 Å². The van der Waals surface area contributed by atoms with E-state index in [1.165, 1.54) is 17.0 Å². The Morgan fingerprint density at radius 2 is 1.96 bits per heavy atom. The lowest BCUT2D eigenvalue weighted by Crippen LogP contribution is -2.54. The summed E-state index contributed by atoms with van der Waals surface area (Å²) >= 11 is 0. The summed E-state index contributed by atoms with van der Waals surface area (Å²) in [6.07, 6.45) is -4.49. The summed E-state index contributed by atoms with van der Waals surface area (Å²) in [4.78, 5) is 14.1. The van der Waals surface area contributed by atoms with Gasteiger partial charge in [0, 0.05) is 19.1 Å². The van der Waals surface area contributed by atoms with Crippen molar-refractivity contribution >= 4 is 5.91 Å². The van der Waals surface area contributed by atoms with Gasteiger partial charge in [-0.3, -0.25) is 4.79 Å². The predicted molar refractivity (Wildman–Crippen MR) is 88.6 cm³/mol. The van der Waals surface area contributed by atoms with Crippen LogP contribution in [0.1, 0.15) is 36.5 Å². The smallest absolute Gasteiger partial charge is 0.337 e. The van der Waals surface area contributed by atoms with E-state index < -0.39 is 40.4 Å². The van der Waals surface area contributed by atoms with Crippen molar-refractivity contribution in [3.63, 3.8) is 0 Å². The number of rotatable bonds is 2. The molecule has 1 aliphatic rings. The fraction of sp³-hybridized carbons (Fsp3) is 0.471. The van der Waals surface area contributed by atoms with Gasteiger partial charge >= 0.3 is 6.18 Å². The molecule has 3 rings (SSSR count). The second-order valence-corrected chi connectivity index (χ2v) is 7.26. The van der Waals surface area contributed by atoms with E-state index in [0.717, 1.165) is 12.1 Å². The molecule has 1 aliphatic heterocycles. The molecule has 0 saturated carbocycles. The molecule has 0 bridgehead atoms. The molecule has 2 heterocycles. The second kappa shape index (κ2) is 6.59. The highest BCUT2D eigenvalue weighted by Crippen LogP contribution is 2.35. The maximum atomic E-state index is 14.0. The van der Waals surface area contributed by atoms with Crippen molar-refractivity contribution in [3.05, 3.63) is 41.5 Å². The van der Waals surface area contributed by atoms with Gasteiger partial charge in [0.25, 0.3) is 5.91 Å². The standard InChI is InChI=1S/C17H19F4N5O/c1-16(2)9-25(8-7-12(16)22)15(27)13-14(17(19,20)21)26(24-23-13)11-6-4-3-5-10(11)18/h3-6,12H,7-9,22H2,1-2H3. The van der Waals surface area contributed by atoms with Crippen molar-refractivity contribution in [2.24, 2.45) is 11.1 Å². The lowest BCUT2D eigenvalue weighted by molar-refractivity contribution is -0.143. The predicted octanol–water partition coefficient (Wildman–Crippen LogP) is 2.62. The normalized spacial score (nSPS) is 20.0. The van der Waals surface area contributed by atoms with Gasteiger partial charge in [0.05, 0.1) is 0 Å². The summed E-state index contributed by atoms with van der Waals surface area (Å²) in [7, 11) is 0. The molecule has 1 saturated heterocycles. The van der Waals surface area contributed by atoms with Crippen LogP contribution in [0.3, 0.4) is 0 Å². The molecule has 1 fully saturated rings. The fourth-order valence-corrected chi connectivity index (χ4v) is 3.17. The number of carbonyl (C=O) groups is 1. The SMILES string of the molecule is CC1(C)CN(C(=O)c2nnn(-c3ccccc3F)c2C(F)(F)F)CCC1N. The van der Waals surface area contributed by atoms with Crippen molar-refractivity contribution in [2.75, 3.05) is 13.1 Å². The lowest BCUT2D eigenvalue weighted by atomic mass is 9.79. The van der Waals surface area contributed by atoms with Crippen LogP contribution < -0.4 is 5.73 Å². The molecule has 0 radical (unpaired) electrons. The Morgan fingerprint density at radius 3 is 2.56 bits per heavy atom. The van der Waals surface area contributed by atoms with Gasteiger partial charge in [-0.2, -0.15) is 13.2 Å². The summed E-state index contributed by atoms with van der Waals surface area (Å²) in [5.74, 6) is -1.80. The molecular formula is C17H19F4N5O. The van der Waals surface area contributed by atoms with Crippen LogP contribution >= 0.6 is 0 Å². The number of para-hydroxylation sites is 1. The molecule has 0 aliphatic carbocycles. The Labute approximate surface area is 152 Å². The summed E-state index contributed by atoms with van der Waals surface area (Å²) < 4.78 is 55.4. The third kappa shape index (κ3) is 3.53. The van der Waals surface area contributed by atoms with Crippen LogP contribution in [-0.2, 0) is 6.18 Å². The van der Waals surface area contributed by atoms with Crippen LogP contribution in [0.2, 0.25) is 0 Å². The first-order valence-electron chi connectivity index (χ1n) is 8.35. The minimum Gasteiger partial charge on any atom is -0.337 e. The van der Waals surface area contributed by atoms with Gasteiger partial charge < -0.3 is 10.6 Å². The Hall–Kier alpha value is -2.49. The number of piperidine rings is 1. The van der Waals surface area contributed by atoms with Crippen LogP contribution in [0.25, 0.3) is 5.69 Å². The minimum atomic E-state index is -4.95. The van der Waals surface area contributed by atoms with Gasteiger partial charge in [-0.25, -0.2) is 9.07 Å². The van der Waals surface area contributed by atoms with Gasteiger partial charge in [0.1, 0.15) is 11.5 Å². The Kier molecular flexibility index (Phi) is 4.71. The average Bonchev–Trinajstić information content (AvgIpc) is 3.02. The van der Waals surface area contributed by atoms with Crippen LogP contribution in [0, 0.1) is 11.2 Å². The molecule has 6 nitrogen and oxygen atoms in total. The van der Waals surface area contributed by atoms with Crippen molar-refractivity contribution in [1.82, 2.24) is 19.9 Å². The first-order chi connectivity index (χ1) is 12.5. The highest BCUT2D eigenvalue weighted by Gasteiger charge is 2.44. The summed E-state index contributed by atoms with van der Waals surface area (Å²) in [6, 6.07) is 4.69. The van der Waals surface area contributed by atoms with E-state index in [0.29, 0.717) is 11.1 Å². The van der Waals surface area contributed by atoms with E-state index in [9.17, 15) is 22.4 Å². The van der Waals surface area contributed by atoms with Gasteiger partial charge in [-0.15, -0.1) is 5.10 Å². The number of hydrogen-bond donors (Lipinski definition) is 1. The van der Waals surface area contributed by atoms with Crippen LogP contribution in [-0.4, -0.2) is 44.9 Å². The van der Waals surface area contributed by atoms with Gasteiger partial charge in [0.15, 0.2) is 11.4 Å². The molecule has 1 amide bonds. The Bertz CT molecular complexity index is 861. The number of hydrogen-bond acceptors (Lipinski definition) is 4. The van der Waals surface area contributed by atoms with E-state index in [1.807, 2.05) is 13.8 Å². The third-order valence-corrected chi connectivity index (χ3v) is 4.82. The number of carbonyl (C=O) groups excluding carboxylic acids is 1. The zero-order valence-electron chi connectivity index (χ0n) is 14.8. The van der Waals surface area contributed by atoms with E-state index in [4.69, 9.17) is 5.73 Å².